The lowest BCUT2D eigenvalue weighted by Gasteiger charge is -2.12. The Balaban J connectivity index is 2.07. The van der Waals surface area contributed by atoms with Gasteiger partial charge in [0.15, 0.2) is 17.4 Å². The molecule has 1 heterocycles. The first-order chi connectivity index (χ1) is 10.7. The molecule has 0 saturated heterocycles. The van der Waals surface area contributed by atoms with Crippen molar-refractivity contribution in [1.82, 2.24) is 9.97 Å². The highest BCUT2D eigenvalue weighted by atomic mass is 19.1. The second kappa shape index (κ2) is 8.12. The summed E-state index contributed by atoms with van der Waals surface area (Å²) in [6.45, 7) is 6.95. The van der Waals surface area contributed by atoms with Crippen LogP contribution in [0.1, 0.15) is 31.2 Å². The molecule has 0 amide bonds. The zero-order valence-corrected chi connectivity index (χ0v) is 12.7. The summed E-state index contributed by atoms with van der Waals surface area (Å²) in [5.74, 6) is 1.52. The van der Waals surface area contributed by atoms with Gasteiger partial charge in [-0.15, -0.1) is 0 Å². The smallest absolute Gasteiger partial charge is 0.180 e. The Morgan fingerprint density at radius 2 is 2.09 bits per heavy atom. The van der Waals surface area contributed by atoms with Gasteiger partial charge in [-0.25, -0.2) is 14.4 Å². The topological polar surface area (TPSA) is 47.0 Å². The molecule has 1 aromatic carbocycles. The first-order valence-corrected chi connectivity index (χ1v) is 7.33. The molecular weight excluding hydrogens is 281 g/mol. The molecule has 0 unspecified atom stereocenters. The van der Waals surface area contributed by atoms with Gasteiger partial charge in [0.1, 0.15) is 12.4 Å². The first kappa shape index (κ1) is 15.9. The van der Waals surface area contributed by atoms with Crippen LogP contribution in [0.5, 0.6) is 5.75 Å². The third-order valence-corrected chi connectivity index (χ3v) is 3.09. The van der Waals surface area contributed by atoms with Gasteiger partial charge >= 0.3 is 0 Å². The molecule has 0 radical (unpaired) electrons. The molecule has 0 aliphatic heterocycles. The van der Waals surface area contributed by atoms with E-state index in [-0.39, 0.29) is 5.82 Å². The van der Waals surface area contributed by atoms with Crippen LogP contribution < -0.4 is 10.1 Å². The van der Waals surface area contributed by atoms with Gasteiger partial charge in [0.05, 0.1) is 6.20 Å². The van der Waals surface area contributed by atoms with Gasteiger partial charge in [0, 0.05) is 6.54 Å². The van der Waals surface area contributed by atoms with Crippen molar-refractivity contribution in [3.8, 4) is 5.75 Å². The SMILES string of the molecule is C=Cc1ncc(OCc2ccc(F)cc2)c(NCCCC)n1. The maximum absolute atomic E-state index is 12.9. The number of nitrogens with zero attached hydrogens (tertiary/aromatic N) is 2. The predicted molar refractivity (Wildman–Crippen MR) is 86.3 cm³/mol. The summed E-state index contributed by atoms with van der Waals surface area (Å²) in [6, 6.07) is 6.21. The molecule has 0 spiro atoms. The summed E-state index contributed by atoms with van der Waals surface area (Å²) >= 11 is 0. The Morgan fingerprint density at radius 3 is 2.77 bits per heavy atom. The minimum Gasteiger partial charge on any atom is -0.483 e. The largest absolute Gasteiger partial charge is 0.483 e. The molecule has 2 aromatic rings. The van der Waals surface area contributed by atoms with Crippen molar-refractivity contribution in [3.05, 3.63) is 54.2 Å². The summed E-state index contributed by atoms with van der Waals surface area (Å²) in [6.07, 6.45) is 5.36. The standard InChI is InChI=1S/C17H20FN3O/c1-3-5-10-19-17-15(11-20-16(4-2)21-17)22-12-13-6-8-14(18)9-7-13/h4,6-9,11H,2-3,5,10,12H2,1H3,(H,19,20,21). The van der Waals surface area contributed by atoms with E-state index < -0.39 is 0 Å². The molecule has 0 saturated carbocycles. The molecule has 0 aliphatic carbocycles. The molecule has 4 nitrogen and oxygen atoms in total. The van der Waals surface area contributed by atoms with Gasteiger partial charge in [-0.2, -0.15) is 0 Å². The molecule has 1 N–H and O–H groups in total. The van der Waals surface area contributed by atoms with E-state index in [9.17, 15) is 4.39 Å². The van der Waals surface area contributed by atoms with E-state index >= 15 is 0 Å². The fourth-order valence-corrected chi connectivity index (χ4v) is 1.84. The van der Waals surface area contributed by atoms with Crippen LogP contribution in [0.2, 0.25) is 0 Å². The van der Waals surface area contributed by atoms with Crippen LogP contribution in [0.25, 0.3) is 6.08 Å². The van der Waals surface area contributed by atoms with Gasteiger partial charge in [-0.05, 0) is 30.2 Å². The average Bonchev–Trinajstić information content (AvgIpc) is 2.55. The molecule has 116 valence electrons. The highest BCUT2D eigenvalue weighted by Crippen LogP contribution is 2.22. The number of unbranched alkanes of at least 4 members (excludes halogenated alkanes) is 1. The van der Waals surface area contributed by atoms with Crippen molar-refractivity contribution >= 4 is 11.9 Å². The van der Waals surface area contributed by atoms with E-state index in [0.29, 0.717) is 24.0 Å². The van der Waals surface area contributed by atoms with Crippen molar-refractivity contribution < 1.29 is 9.13 Å². The number of halogens is 1. The summed E-state index contributed by atoms with van der Waals surface area (Å²) in [5.41, 5.74) is 0.883. The Morgan fingerprint density at radius 1 is 1.32 bits per heavy atom. The Hall–Kier alpha value is -2.43. The van der Waals surface area contributed by atoms with Gasteiger partial charge in [0.2, 0.25) is 0 Å². The zero-order chi connectivity index (χ0) is 15.8. The number of benzene rings is 1. The Bertz CT molecular complexity index is 614. The van der Waals surface area contributed by atoms with Crippen LogP contribution in [-0.2, 0) is 6.61 Å². The number of rotatable bonds is 8. The van der Waals surface area contributed by atoms with Crippen LogP contribution in [-0.4, -0.2) is 16.5 Å². The molecule has 22 heavy (non-hydrogen) atoms. The van der Waals surface area contributed by atoms with E-state index in [1.807, 2.05) is 0 Å². The first-order valence-electron chi connectivity index (χ1n) is 7.33. The second-order valence-electron chi connectivity index (χ2n) is 4.84. The van der Waals surface area contributed by atoms with Crippen molar-refractivity contribution in [3.63, 3.8) is 0 Å². The molecule has 0 aliphatic rings. The van der Waals surface area contributed by atoms with Crippen molar-refractivity contribution in [2.24, 2.45) is 0 Å². The lowest BCUT2D eigenvalue weighted by Crippen LogP contribution is -2.08. The molecule has 5 heteroatoms. The van der Waals surface area contributed by atoms with Gasteiger partial charge in [-0.3, -0.25) is 0 Å². The number of hydrogen-bond donors (Lipinski definition) is 1. The predicted octanol–water partition coefficient (Wildman–Crippen LogP) is 4.05. The zero-order valence-electron chi connectivity index (χ0n) is 12.7. The van der Waals surface area contributed by atoms with Crippen molar-refractivity contribution in [2.45, 2.75) is 26.4 Å². The third kappa shape index (κ3) is 4.55. The van der Waals surface area contributed by atoms with Gasteiger partial charge in [-0.1, -0.05) is 32.1 Å². The maximum Gasteiger partial charge on any atom is 0.180 e. The van der Waals surface area contributed by atoms with Crippen molar-refractivity contribution in [2.75, 3.05) is 11.9 Å². The van der Waals surface area contributed by atoms with Crippen LogP contribution in [0, 0.1) is 5.82 Å². The fraction of sp³-hybridized carbons (Fsp3) is 0.294. The van der Waals surface area contributed by atoms with Gasteiger partial charge in [0.25, 0.3) is 0 Å². The monoisotopic (exact) mass is 301 g/mol. The maximum atomic E-state index is 12.9. The van der Waals surface area contributed by atoms with Crippen LogP contribution in [0.4, 0.5) is 10.2 Å². The molecule has 0 fully saturated rings. The van der Waals surface area contributed by atoms with E-state index in [4.69, 9.17) is 4.74 Å². The number of aromatic nitrogens is 2. The van der Waals surface area contributed by atoms with E-state index in [1.165, 1.54) is 12.1 Å². The summed E-state index contributed by atoms with van der Waals surface area (Å²) in [4.78, 5) is 8.52. The Kier molecular flexibility index (Phi) is 5.89. The van der Waals surface area contributed by atoms with Crippen LogP contribution >= 0.6 is 0 Å². The van der Waals surface area contributed by atoms with E-state index in [2.05, 4.69) is 28.8 Å². The molecule has 0 atom stereocenters. The minimum atomic E-state index is -0.260. The fourth-order valence-electron chi connectivity index (χ4n) is 1.84. The average molecular weight is 301 g/mol. The minimum absolute atomic E-state index is 0.260. The summed E-state index contributed by atoms with van der Waals surface area (Å²) < 4.78 is 18.6. The summed E-state index contributed by atoms with van der Waals surface area (Å²) in [7, 11) is 0. The van der Waals surface area contributed by atoms with E-state index in [0.717, 1.165) is 24.9 Å². The number of hydrogen-bond acceptors (Lipinski definition) is 4. The lowest BCUT2D eigenvalue weighted by molar-refractivity contribution is 0.305. The molecule has 1 aromatic heterocycles. The molecular formula is C17H20FN3O. The lowest BCUT2D eigenvalue weighted by atomic mass is 10.2. The third-order valence-electron chi connectivity index (χ3n) is 3.09. The highest BCUT2D eigenvalue weighted by Gasteiger charge is 2.07. The highest BCUT2D eigenvalue weighted by molar-refractivity contribution is 5.52. The van der Waals surface area contributed by atoms with Crippen LogP contribution in [0.3, 0.4) is 0 Å². The Labute approximate surface area is 130 Å². The van der Waals surface area contributed by atoms with Crippen LogP contribution in [0.15, 0.2) is 37.0 Å². The van der Waals surface area contributed by atoms with Crippen molar-refractivity contribution in [1.29, 1.82) is 0 Å². The second-order valence-corrected chi connectivity index (χ2v) is 4.84. The molecule has 2 rings (SSSR count). The number of anilines is 1. The van der Waals surface area contributed by atoms with E-state index in [1.54, 1.807) is 24.4 Å². The van der Waals surface area contributed by atoms with Gasteiger partial charge < -0.3 is 10.1 Å². The number of nitrogens with one attached hydrogen (secondary N) is 1. The molecule has 0 bridgehead atoms. The summed E-state index contributed by atoms with van der Waals surface area (Å²) in [5, 5.41) is 3.25. The quantitative estimate of drug-likeness (QED) is 0.747. The normalized spacial score (nSPS) is 10.3. The number of ether oxygens (including phenoxy) is 1.